The summed E-state index contributed by atoms with van der Waals surface area (Å²) in [6, 6.07) is 0. The maximum atomic E-state index is 8.33. The Morgan fingerprint density at radius 3 is 0.529 bits per heavy atom. The Hall–Kier alpha value is -1.47. The monoisotopic (exact) mass is 341 g/mol. The van der Waals surface area contributed by atoms with Crippen molar-refractivity contribution in [2.45, 2.75) is 0 Å². The second kappa shape index (κ2) is 46.9. The summed E-state index contributed by atoms with van der Waals surface area (Å²) in [5, 5.41) is 50.0. The Balaban J connectivity index is -0.0000000104. The van der Waals surface area contributed by atoms with Gasteiger partial charge in [-0.3, -0.25) is 0 Å². The van der Waals surface area contributed by atoms with Crippen molar-refractivity contribution >= 4 is 18.5 Å². The summed E-state index contributed by atoms with van der Waals surface area (Å²) < 4.78 is 0. The zero-order chi connectivity index (χ0) is 10.7. The average molecular weight is 342 g/mol. The third-order valence-corrected chi connectivity index (χ3v) is 0. The van der Waals surface area contributed by atoms with Crippen molar-refractivity contribution in [1.82, 2.24) is 18.5 Å². The first-order chi connectivity index (χ1) is 5.20. The van der Waals surface area contributed by atoms with Crippen LogP contribution in [0.5, 0.6) is 0 Å². The van der Waals surface area contributed by atoms with E-state index >= 15 is 0 Å². The van der Waals surface area contributed by atoms with E-state index in [4.69, 9.17) is 45.0 Å². The molecule has 13 nitrogen and oxygen atoms in total. The van der Waals surface area contributed by atoms with Gasteiger partial charge in [0.05, 0.1) is 0 Å². The molecule has 0 fully saturated rings. The van der Waals surface area contributed by atoms with E-state index in [2.05, 4.69) is 0 Å². The quantitative estimate of drug-likeness (QED) is 0.373. The molecule has 104 valence electrons. The maximum Gasteiger partial charge on any atom is 4.00 e. The number of carboxylic acid groups (broad SMARTS) is 6. The third kappa shape index (κ3) is 1060. The summed E-state index contributed by atoms with van der Waals surface area (Å²) in [5.41, 5.74) is 0. The molecule has 0 aromatic rings. The predicted octanol–water partition coefficient (Wildman–Crippen LogP) is -6.39. The molecular formula is C3H13N3O10Zr. The molecule has 0 atom stereocenters. The molecule has 0 aliphatic heterocycles. The number of rotatable bonds is 0. The molecule has 0 saturated heterocycles. The van der Waals surface area contributed by atoms with Crippen LogP contribution < -0.4 is 49.1 Å². The van der Waals surface area contributed by atoms with Crippen molar-refractivity contribution in [3.05, 3.63) is 0 Å². The van der Waals surface area contributed by atoms with Gasteiger partial charge in [-0.2, -0.15) is 0 Å². The minimum absolute atomic E-state index is 0. The van der Waals surface area contributed by atoms with Crippen LogP contribution in [0, 0.1) is 0 Å². The van der Waals surface area contributed by atoms with Crippen LogP contribution in [-0.4, -0.2) is 23.9 Å². The van der Waals surface area contributed by atoms with E-state index in [9.17, 15) is 0 Å². The molecule has 0 aromatic carbocycles. The average Bonchev–Trinajstić information content (AvgIpc) is 1.54. The fourth-order valence-corrected chi connectivity index (χ4v) is 0. The van der Waals surface area contributed by atoms with Gasteiger partial charge in [-0.25, -0.2) is 0 Å². The maximum absolute atomic E-state index is 8.33. The van der Waals surface area contributed by atoms with Gasteiger partial charge in [0.2, 0.25) is 0 Å². The van der Waals surface area contributed by atoms with Crippen LogP contribution in [0.25, 0.3) is 0 Å². The molecule has 0 aliphatic rings. The zero-order valence-electron chi connectivity index (χ0n) is 9.12. The Morgan fingerprint density at radius 2 is 0.529 bits per heavy atom. The fourth-order valence-electron chi connectivity index (χ4n) is 0. The van der Waals surface area contributed by atoms with Gasteiger partial charge in [-0.1, -0.05) is 0 Å². The SMILES string of the molecule is O=C([O-])[O-].O=C([O-])[O-].O=C([O-])[O-].[NH4+].[NH4+].[NH4+].[OH-].[Zr+4]. The summed E-state index contributed by atoms with van der Waals surface area (Å²) in [4.78, 5) is 25.0. The van der Waals surface area contributed by atoms with Gasteiger partial charge in [0.1, 0.15) is 0 Å². The topological polar surface area (TPSA) is 329 Å². The number of carbonyl (C=O) groups excluding carboxylic acids is 3. The molecule has 0 amide bonds. The van der Waals surface area contributed by atoms with Gasteiger partial charge >= 0.3 is 26.2 Å². The summed E-state index contributed by atoms with van der Waals surface area (Å²) in [6.45, 7) is 0. The molecule has 17 heavy (non-hydrogen) atoms. The van der Waals surface area contributed by atoms with Crippen LogP contribution >= 0.6 is 0 Å². The molecule has 0 aliphatic carbocycles. The smallest absolute Gasteiger partial charge is 0.870 e. The van der Waals surface area contributed by atoms with Crippen molar-refractivity contribution in [3.63, 3.8) is 0 Å². The largest absolute Gasteiger partial charge is 4.00 e. The normalized spacial score (nSPS) is 4.24. The van der Waals surface area contributed by atoms with Gasteiger partial charge in [0.15, 0.2) is 0 Å². The van der Waals surface area contributed by atoms with E-state index in [0.717, 1.165) is 0 Å². The van der Waals surface area contributed by atoms with Crippen molar-refractivity contribution in [2.75, 3.05) is 0 Å². The van der Waals surface area contributed by atoms with Gasteiger partial charge in [0, 0.05) is 0 Å². The molecule has 13 N–H and O–H groups in total. The summed E-state index contributed by atoms with van der Waals surface area (Å²) in [7, 11) is 0. The first-order valence-corrected chi connectivity index (χ1v) is 1.84. The van der Waals surface area contributed by atoms with Crippen LogP contribution in [0.2, 0.25) is 0 Å². The van der Waals surface area contributed by atoms with Gasteiger partial charge in [-0.05, 0) is 18.5 Å². The second-order valence-corrected chi connectivity index (χ2v) is 0.750. The molecule has 0 saturated carbocycles. The molecule has 0 bridgehead atoms. The molecule has 0 aromatic heterocycles. The Bertz CT molecular complexity index is 124. The fraction of sp³-hybridized carbons (Fsp3) is 0. The second-order valence-electron chi connectivity index (χ2n) is 0.750. The first kappa shape index (κ1) is 57.8. The van der Waals surface area contributed by atoms with Crippen molar-refractivity contribution in [1.29, 1.82) is 0 Å². The van der Waals surface area contributed by atoms with Crippen LogP contribution in [-0.2, 0) is 26.2 Å². The molecule has 0 unspecified atom stereocenters. The van der Waals surface area contributed by atoms with Crippen LogP contribution in [0.3, 0.4) is 0 Å². The molecule has 0 rings (SSSR count). The summed E-state index contributed by atoms with van der Waals surface area (Å²) in [6.07, 6.45) is -7.00. The van der Waals surface area contributed by atoms with Crippen molar-refractivity contribution < 1.29 is 76.7 Å². The van der Waals surface area contributed by atoms with E-state index in [1.807, 2.05) is 0 Å². The Labute approximate surface area is 114 Å². The van der Waals surface area contributed by atoms with Gasteiger partial charge < -0.3 is 69.0 Å². The molecule has 0 radical (unpaired) electrons. The van der Waals surface area contributed by atoms with Crippen molar-refractivity contribution in [2.24, 2.45) is 0 Å². The van der Waals surface area contributed by atoms with Crippen LogP contribution in [0.4, 0.5) is 14.4 Å². The summed E-state index contributed by atoms with van der Waals surface area (Å²) >= 11 is 0. The first-order valence-electron chi connectivity index (χ1n) is 1.84. The number of hydrogen-bond acceptors (Lipinski definition) is 10. The zero-order valence-corrected chi connectivity index (χ0v) is 11.6. The van der Waals surface area contributed by atoms with Crippen LogP contribution in [0.1, 0.15) is 0 Å². The van der Waals surface area contributed by atoms with E-state index in [1.54, 1.807) is 0 Å². The minimum atomic E-state index is -2.33. The Morgan fingerprint density at radius 1 is 0.529 bits per heavy atom. The molecular weight excluding hydrogens is 329 g/mol. The summed E-state index contributed by atoms with van der Waals surface area (Å²) in [5.74, 6) is 0. The Kier molecular flexibility index (Phi) is 160. The number of hydrogen-bond donors (Lipinski definition) is 3. The van der Waals surface area contributed by atoms with Gasteiger partial charge in [0.25, 0.3) is 0 Å². The minimum Gasteiger partial charge on any atom is -0.870 e. The predicted molar refractivity (Wildman–Crippen MR) is 36.1 cm³/mol. The third-order valence-electron chi connectivity index (χ3n) is 0. The van der Waals surface area contributed by atoms with Gasteiger partial charge in [-0.15, -0.1) is 0 Å². The van der Waals surface area contributed by atoms with E-state index in [0.29, 0.717) is 0 Å². The van der Waals surface area contributed by atoms with Crippen molar-refractivity contribution in [3.8, 4) is 0 Å². The number of carbonyl (C=O) groups is 3. The number of quaternary nitrogens is 3. The molecule has 0 heterocycles. The van der Waals surface area contributed by atoms with Crippen LogP contribution in [0.15, 0.2) is 0 Å². The van der Waals surface area contributed by atoms with E-state index in [-0.39, 0.29) is 50.1 Å². The molecule has 14 heteroatoms. The standard InChI is InChI=1S/3CH2O3.3H3N.H2O.Zr/c3*2-1(3)4;;;;;/h3*(H2,2,3,4);3*1H3;1H2;/q;;;;;;;+4/p-4. The molecule has 0 spiro atoms. The van der Waals surface area contributed by atoms with E-state index < -0.39 is 18.5 Å². The van der Waals surface area contributed by atoms with E-state index in [1.165, 1.54) is 0 Å².